The third-order valence-electron chi connectivity index (χ3n) is 9.85. The van der Waals surface area contributed by atoms with Crippen LogP contribution in [0.1, 0.15) is 25.7 Å². The first-order valence-corrected chi connectivity index (χ1v) is 19.0. The number of nitrogen functional groups attached to an aromatic ring is 1. The number of nitrogens with one attached hydrogen (secondary N) is 3. The molecular formula is C40H41ClN12O4. The van der Waals surface area contributed by atoms with Crippen molar-refractivity contribution in [2.24, 2.45) is 0 Å². The second-order valence-corrected chi connectivity index (χ2v) is 13.9. The number of fused-ring (bicyclic) bond motifs is 2. The van der Waals surface area contributed by atoms with Gasteiger partial charge in [0.25, 0.3) is 0 Å². The van der Waals surface area contributed by atoms with Gasteiger partial charge in [-0.05, 0) is 48.4 Å². The lowest BCUT2D eigenvalue weighted by Crippen LogP contribution is -2.33. The number of nitrogens with zero attached hydrogens (tertiary/aromatic N) is 8. The molecule has 17 heteroatoms. The van der Waals surface area contributed by atoms with Crippen molar-refractivity contribution in [2.75, 3.05) is 47.2 Å². The molecule has 8 aromatic rings. The monoisotopic (exact) mass is 788 g/mol. The molecule has 0 bridgehead atoms. The molecule has 8 heterocycles. The van der Waals surface area contributed by atoms with Gasteiger partial charge in [0.05, 0.1) is 49.2 Å². The van der Waals surface area contributed by atoms with Gasteiger partial charge in [-0.2, -0.15) is 20.2 Å². The standard InChI is InChI=1S/C20H20N6O2.C11H12ClN3O2.C9H9N3/c27-12-14-7-4-9-26(14)19-18-15(8-10-28-18)21-20(23-19)22-17-11-16(24-25-17)13-5-2-1-3-6-13;12-11-13-8-3-5-17-9(8)10(14-11)15-4-1-2-7(15)6-16;10-9-6-8(11-12-9)7-4-2-1-3-5-7/h1-3,5-6,8,10-11,14,27H,4,7,9,12H2,(H2,21,22,23,24,25);3,5,7,16H,1-2,4,6H2;1-6H,(H3,10,11,12)/t14-;7-;/m00./s1. The van der Waals surface area contributed by atoms with E-state index in [-0.39, 0.29) is 30.6 Å². The molecule has 0 spiro atoms. The lowest BCUT2D eigenvalue weighted by atomic mass is 10.2. The van der Waals surface area contributed by atoms with Gasteiger partial charge in [-0.25, -0.2) is 9.97 Å². The number of aromatic nitrogens is 8. The second kappa shape index (κ2) is 17.1. The fourth-order valence-electron chi connectivity index (χ4n) is 7.09. The number of hydrogen-bond donors (Lipinski definition) is 6. The van der Waals surface area contributed by atoms with Crippen LogP contribution in [0.5, 0.6) is 0 Å². The molecule has 16 nitrogen and oxygen atoms in total. The number of nitrogens with two attached hydrogens (primary N) is 1. The largest absolute Gasteiger partial charge is 0.459 e. The van der Waals surface area contributed by atoms with E-state index in [2.05, 4.69) is 50.5 Å². The van der Waals surface area contributed by atoms with Crippen molar-refractivity contribution in [2.45, 2.75) is 37.8 Å². The van der Waals surface area contributed by atoms with Crippen molar-refractivity contribution in [3.8, 4) is 22.5 Å². The van der Waals surface area contributed by atoms with E-state index in [0.29, 0.717) is 45.9 Å². The zero-order chi connectivity index (χ0) is 39.1. The molecule has 0 saturated carbocycles. The van der Waals surface area contributed by atoms with Crippen LogP contribution in [0.15, 0.2) is 106 Å². The number of anilines is 5. The van der Waals surface area contributed by atoms with Crippen molar-refractivity contribution in [1.29, 1.82) is 0 Å². The molecule has 57 heavy (non-hydrogen) atoms. The summed E-state index contributed by atoms with van der Waals surface area (Å²) in [5.41, 5.74) is 12.2. The number of hydrogen-bond acceptors (Lipinski definition) is 14. The summed E-state index contributed by atoms with van der Waals surface area (Å²) in [7, 11) is 0. The molecule has 2 aliphatic rings. The highest BCUT2D eigenvalue weighted by Crippen LogP contribution is 2.33. The van der Waals surface area contributed by atoms with E-state index in [0.717, 1.165) is 66.8 Å². The van der Waals surface area contributed by atoms with Crippen LogP contribution in [-0.2, 0) is 0 Å². The number of H-pyrrole nitrogens is 2. The minimum Gasteiger partial charge on any atom is -0.459 e. The Labute approximate surface area is 331 Å². The lowest BCUT2D eigenvalue weighted by molar-refractivity contribution is 0.266. The Kier molecular flexibility index (Phi) is 11.2. The molecule has 0 amide bonds. The molecule has 6 aromatic heterocycles. The number of furan rings is 2. The van der Waals surface area contributed by atoms with E-state index >= 15 is 0 Å². The number of aliphatic hydroxyl groups excluding tert-OH is 2. The fourth-order valence-corrected chi connectivity index (χ4v) is 7.26. The van der Waals surface area contributed by atoms with Crippen LogP contribution in [0, 0.1) is 0 Å². The first-order chi connectivity index (χ1) is 28.0. The van der Waals surface area contributed by atoms with Crippen LogP contribution in [0.4, 0.5) is 29.2 Å². The first-order valence-electron chi connectivity index (χ1n) is 18.6. The summed E-state index contributed by atoms with van der Waals surface area (Å²) in [5, 5.41) is 36.5. The van der Waals surface area contributed by atoms with Gasteiger partial charge >= 0.3 is 0 Å². The minimum absolute atomic E-state index is 0.0473. The quantitative estimate of drug-likeness (QED) is 0.0871. The highest BCUT2D eigenvalue weighted by molar-refractivity contribution is 6.28. The van der Waals surface area contributed by atoms with Crippen molar-refractivity contribution >= 4 is 63.0 Å². The summed E-state index contributed by atoms with van der Waals surface area (Å²) in [6.07, 6.45) is 7.13. The summed E-state index contributed by atoms with van der Waals surface area (Å²) in [5.74, 6) is 2.98. The molecule has 2 aromatic carbocycles. The topological polar surface area (TPSA) is 220 Å². The van der Waals surface area contributed by atoms with Gasteiger partial charge in [0.15, 0.2) is 28.6 Å². The van der Waals surface area contributed by atoms with Gasteiger partial charge in [-0.3, -0.25) is 10.2 Å². The zero-order valence-corrected chi connectivity index (χ0v) is 31.5. The molecule has 0 unspecified atom stereocenters. The van der Waals surface area contributed by atoms with Gasteiger partial charge in [0.2, 0.25) is 11.2 Å². The Balaban J connectivity index is 0.000000133. The lowest BCUT2D eigenvalue weighted by Gasteiger charge is -2.24. The summed E-state index contributed by atoms with van der Waals surface area (Å²) in [6, 6.07) is 27.4. The highest BCUT2D eigenvalue weighted by Gasteiger charge is 2.29. The normalized spacial score (nSPS) is 16.4. The van der Waals surface area contributed by atoms with Crippen molar-refractivity contribution in [1.82, 2.24) is 40.3 Å². The van der Waals surface area contributed by atoms with Crippen LogP contribution in [0.25, 0.3) is 44.7 Å². The molecule has 10 rings (SSSR count). The average Bonchev–Trinajstić information content (AvgIpc) is 4.10. The van der Waals surface area contributed by atoms with Crippen LogP contribution >= 0.6 is 11.6 Å². The van der Waals surface area contributed by atoms with Crippen LogP contribution in [0.2, 0.25) is 5.28 Å². The number of rotatable bonds is 8. The minimum atomic E-state index is 0.0473. The van der Waals surface area contributed by atoms with E-state index in [1.54, 1.807) is 18.6 Å². The first kappa shape index (κ1) is 37.4. The molecule has 0 aliphatic carbocycles. The molecule has 7 N–H and O–H groups in total. The summed E-state index contributed by atoms with van der Waals surface area (Å²) in [4.78, 5) is 21.7. The smallest absolute Gasteiger partial charge is 0.231 e. The summed E-state index contributed by atoms with van der Waals surface area (Å²) < 4.78 is 11.0. The Hall–Kier alpha value is -6.49. The van der Waals surface area contributed by atoms with Gasteiger partial charge in [0, 0.05) is 37.4 Å². The number of aliphatic hydroxyl groups is 2. The van der Waals surface area contributed by atoms with E-state index in [1.807, 2.05) is 83.8 Å². The van der Waals surface area contributed by atoms with Crippen LogP contribution in [0.3, 0.4) is 0 Å². The Morgan fingerprint density at radius 3 is 1.81 bits per heavy atom. The third kappa shape index (κ3) is 8.38. The predicted octanol–water partition coefficient (Wildman–Crippen LogP) is 6.81. The summed E-state index contributed by atoms with van der Waals surface area (Å²) in [6.45, 7) is 1.89. The van der Waals surface area contributed by atoms with E-state index < -0.39 is 0 Å². The molecule has 292 valence electrons. The van der Waals surface area contributed by atoms with Crippen LogP contribution < -0.4 is 20.9 Å². The van der Waals surface area contributed by atoms with Gasteiger partial charge < -0.3 is 39.9 Å². The summed E-state index contributed by atoms with van der Waals surface area (Å²) >= 11 is 5.90. The van der Waals surface area contributed by atoms with E-state index in [1.165, 1.54) is 0 Å². The maximum absolute atomic E-state index is 9.69. The molecule has 0 radical (unpaired) electrons. The zero-order valence-electron chi connectivity index (χ0n) is 30.8. The average molecular weight is 789 g/mol. The number of halogens is 1. The Bertz CT molecular complexity index is 2520. The van der Waals surface area contributed by atoms with Gasteiger partial charge in [-0.15, -0.1) is 0 Å². The van der Waals surface area contributed by atoms with Gasteiger partial charge in [-0.1, -0.05) is 60.7 Å². The maximum Gasteiger partial charge on any atom is 0.231 e. The second-order valence-electron chi connectivity index (χ2n) is 13.5. The SMILES string of the molecule is Nc1cc(-c2ccccc2)[nH]n1.OC[C@@H]1CCCN1c1nc(Cl)nc2ccoc12.OC[C@@H]1CCCN1c1nc(Nc2cc(-c3ccccc3)[nH]n2)nc2ccoc12. The maximum atomic E-state index is 9.69. The fraction of sp³-hybridized carbons (Fsp3) is 0.250. The third-order valence-corrected chi connectivity index (χ3v) is 10.0. The van der Waals surface area contributed by atoms with Crippen molar-refractivity contribution in [3.63, 3.8) is 0 Å². The Morgan fingerprint density at radius 2 is 1.25 bits per heavy atom. The molecule has 2 atom stereocenters. The predicted molar refractivity (Wildman–Crippen MR) is 219 cm³/mol. The number of benzene rings is 2. The molecule has 2 aliphatic heterocycles. The highest BCUT2D eigenvalue weighted by atomic mass is 35.5. The Morgan fingerprint density at radius 1 is 0.702 bits per heavy atom. The van der Waals surface area contributed by atoms with Crippen LogP contribution in [-0.4, -0.2) is 88.9 Å². The van der Waals surface area contributed by atoms with E-state index in [4.69, 9.17) is 26.2 Å². The molecule has 2 saturated heterocycles. The van der Waals surface area contributed by atoms with Crippen molar-refractivity contribution < 1.29 is 19.0 Å². The van der Waals surface area contributed by atoms with Crippen molar-refractivity contribution in [3.05, 3.63) is 103 Å². The molecule has 2 fully saturated rings. The van der Waals surface area contributed by atoms with Gasteiger partial charge in [0.1, 0.15) is 16.9 Å². The molecular weight excluding hydrogens is 748 g/mol. The van der Waals surface area contributed by atoms with E-state index in [9.17, 15) is 10.2 Å². The number of aromatic amines is 2.